The highest BCUT2D eigenvalue weighted by molar-refractivity contribution is 6.07. The number of benzene rings is 3. The standard InChI is InChI=1S/C24H15FN4O5/c25-16-7-5-14(6-8-16)20-10-18(17-3-1-2-4-19(17)27-20)24(30)28-26-12-15-9-22-23(34-13-33-22)11-21(15)29(31)32/h1-12H,13H2,(H,28,30)/b26-12+. The van der Waals surface area contributed by atoms with Gasteiger partial charge in [0.1, 0.15) is 5.82 Å². The molecule has 1 aliphatic rings. The number of amides is 1. The lowest BCUT2D eigenvalue weighted by molar-refractivity contribution is -0.385. The molecule has 0 fully saturated rings. The van der Waals surface area contributed by atoms with Gasteiger partial charge in [0.25, 0.3) is 11.6 Å². The Labute approximate surface area is 191 Å². The molecule has 0 atom stereocenters. The molecule has 0 unspecified atom stereocenters. The first-order valence-electron chi connectivity index (χ1n) is 10.1. The zero-order valence-corrected chi connectivity index (χ0v) is 17.4. The van der Waals surface area contributed by atoms with Crippen molar-refractivity contribution < 1.29 is 23.6 Å². The van der Waals surface area contributed by atoms with Gasteiger partial charge in [-0.3, -0.25) is 14.9 Å². The van der Waals surface area contributed by atoms with Crippen LogP contribution in [0, 0.1) is 15.9 Å². The molecule has 0 aliphatic carbocycles. The van der Waals surface area contributed by atoms with Gasteiger partial charge in [-0.25, -0.2) is 14.8 Å². The molecule has 1 amide bonds. The fraction of sp³-hybridized carbons (Fsp3) is 0.0417. The van der Waals surface area contributed by atoms with Crippen LogP contribution in [0.3, 0.4) is 0 Å². The van der Waals surface area contributed by atoms with Gasteiger partial charge in [0.15, 0.2) is 11.5 Å². The minimum atomic E-state index is -0.573. The van der Waals surface area contributed by atoms with Gasteiger partial charge in [-0.1, -0.05) is 18.2 Å². The van der Waals surface area contributed by atoms with Gasteiger partial charge >= 0.3 is 0 Å². The van der Waals surface area contributed by atoms with Gasteiger partial charge in [0.05, 0.1) is 39.5 Å². The van der Waals surface area contributed by atoms with Crippen LogP contribution in [-0.4, -0.2) is 28.8 Å². The van der Waals surface area contributed by atoms with Crippen molar-refractivity contribution in [3.05, 3.63) is 93.8 Å². The third-order valence-electron chi connectivity index (χ3n) is 5.19. The Morgan fingerprint density at radius 3 is 2.59 bits per heavy atom. The van der Waals surface area contributed by atoms with E-state index in [1.807, 2.05) is 0 Å². The number of pyridine rings is 1. The number of hydrogen-bond acceptors (Lipinski definition) is 7. The van der Waals surface area contributed by atoms with E-state index in [9.17, 15) is 19.3 Å². The van der Waals surface area contributed by atoms with Crippen molar-refractivity contribution in [1.29, 1.82) is 0 Å². The van der Waals surface area contributed by atoms with E-state index < -0.39 is 10.8 Å². The second-order valence-electron chi connectivity index (χ2n) is 7.30. The van der Waals surface area contributed by atoms with Gasteiger partial charge in [0.2, 0.25) is 6.79 Å². The maximum atomic E-state index is 13.3. The third kappa shape index (κ3) is 3.99. The molecule has 0 saturated carbocycles. The Kier molecular flexibility index (Phi) is 5.30. The molecular weight excluding hydrogens is 443 g/mol. The Morgan fingerprint density at radius 1 is 1.09 bits per heavy atom. The summed E-state index contributed by atoms with van der Waals surface area (Å²) in [6, 6.07) is 17.1. The predicted molar refractivity (Wildman–Crippen MR) is 121 cm³/mol. The first kappa shape index (κ1) is 21.0. The zero-order chi connectivity index (χ0) is 23.7. The average molecular weight is 458 g/mol. The summed E-state index contributed by atoms with van der Waals surface area (Å²) >= 11 is 0. The fourth-order valence-corrected chi connectivity index (χ4v) is 3.56. The molecule has 3 aromatic carbocycles. The summed E-state index contributed by atoms with van der Waals surface area (Å²) in [6.45, 7) is -0.0324. The van der Waals surface area contributed by atoms with Crippen LogP contribution in [0.2, 0.25) is 0 Å². The number of nitrogens with zero attached hydrogens (tertiary/aromatic N) is 3. The van der Waals surface area contributed by atoms with E-state index in [-0.39, 0.29) is 29.6 Å². The van der Waals surface area contributed by atoms with Crippen molar-refractivity contribution in [3.8, 4) is 22.8 Å². The molecule has 0 bridgehead atoms. The van der Waals surface area contributed by atoms with Crippen molar-refractivity contribution in [1.82, 2.24) is 10.4 Å². The van der Waals surface area contributed by atoms with E-state index in [0.29, 0.717) is 33.5 Å². The number of para-hydroxylation sites is 1. The van der Waals surface area contributed by atoms with Crippen LogP contribution in [0.1, 0.15) is 15.9 Å². The molecule has 1 N–H and O–H groups in total. The number of carbonyl (C=O) groups excluding carboxylic acids is 1. The van der Waals surface area contributed by atoms with Crippen LogP contribution in [0.5, 0.6) is 11.5 Å². The number of carbonyl (C=O) groups is 1. The summed E-state index contributed by atoms with van der Waals surface area (Å²) in [5, 5.41) is 15.9. The van der Waals surface area contributed by atoms with E-state index in [1.54, 1.807) is 42.5 Å². The summed E-state index contributed by atoms with van der Waals surface area (Å²) in [5.74, 6) is -0.303. The molecule has 168 valence electrons. The average Bonchev–Trinajstić information content (AvgIpc) is 3.30. The minimum absolute atomic E-state index is 0.0324. The Hall–Kier alpha value is -4.86. The first-order valence-corrected chi connectivity index (χ1v) is 10.1. The number of halogens is 1. The number of nitrogens with one attached hydrogen (secondary N) is 1. The molecule has 4 aromatic rings. The van der Waals surface area contributed by atoms with Crippen LogP contribution >= 0.6 is 0 Å². The number of hydrogen-bond donors (Lipinski definition) is 1. The Morgan fingerprint density at radius 2 is 1.82 bits per heavy atom. The number of hydrazone groups is 1. The number of fused-ring (bicyclic) bond motifs is 2. The molecule has 2 heterocycles. The summed E-state index contributed by atoms with van der Waals surface area (Å²) in [5.41, 5.74) is 4.30. The van der Waals surface area contributed by atoms with Gasteiger partial charge in [-0.2, -0.15) is 5.10 Å². The quantitative estimate of drug-likeness (QED) is 0.269. The molecule has 0 radical (unpaired) electrons. The first-order chi connectivity index (χ1) is 16.5. The minimum Gasteiger partial charge on any atom is -0.454 e. The molecule has 9 nitrogen and oxygen atoms in total. The monoisotopic (exact) mass is 458 g/mol. The lowest BCUT2D eigenvalue weighted by Gasteiger charge is -2.09. The summed E-state index contributed by atoms with van der Waals surface area (Å²) in [6.07, 6.45) is 1.17. The summed E-state index contributed by atoms with van der Waals surface area (Å²) in [4.78, 5) is 28.4. The number of aromatic nitrogens is 1. The highest BCUT2D eigenvalue weighted by Crippen LogP contribution is 2.37. The second kappa shape index (κ2) is 8.58. The van der Waals surface area contributed by atoms with Crippen molar-refractivity contribution in [2.24, 2.45) is 5.10 Å². The maximum absolute atomic E-state index is 13.3. The normalized spacial score (nSPS) is 12.3. The van der Waals surface area contributed by atoms with E-state index >= 15 is 0 Å². The van der Waals surface area contributed by atoms with Gasteiger partial charge in [-0.15, -0.1) is 0 Å². The molecule has 1 aromatic heterocycles. The van der Waals surface area contributed by atoms with Crippen LogP contribution in [-0.2, 0) is 0 Å². The lowest BCUT2D eigenvalue weighted by atomic mass is 10.0. The topological polar surface area (TPSA) is 116 Å². The van der Waals surface area contributed by atoms with E-state index in [4.69, 9.17) is 9.47 Å². The van der Waals surface area contributed by atoms with Crippen molar-refractivity contribution in [2.75, 3.05) is 6.79 Å². The van der Waals surface area contributed by atoms with E-state index in [1.165, 1.54) is 30.5 Å². The van der Waals surface area contributed by atoms with Crippen LogP contribution in [0.15, 0.2) is 71.8 Å². The molecule has 34 heavy (non-hydrogen) atoms. The lowest BCUT2D eigenvalue weighted by Crippen LogP contribution is -2.18. The largest absolute Gasteiger partial charge is 0.454 e. The SMILES string of the molecule is O=C(N/N=C/c1cc2c(cc1[N+](=O)[O-])OCO2)c1cc(-c2ccc(F)cc2)nc2ccccc12. The molecule has 10 heteroatoms. The molecule has 0 saturated heterocycles. The number of ether oxygens (including phenoxy) is 2. The Balaban J connectivity index is 1.47. The maximum Gasteiger partial charge on any atom is 0.282 e. The Bertz CT molecular complexity index is 1470. The third-order valence-corrected chi connectivity index (χ3v) is 5.19. The molecular formula is C24H15FN4O5. The van der Waals surface area contributed by atoms with Crippen LogP contribution in [0.25, 0.3) is 22.2 Å². The summed E-state index contributed by atoms with van der Waals surface area (Å²) in [7, 11) is 0. The predicted octanol–water partition coefficient (Wildman–Crippen LogP) is 4.44. The van der Waals surface area contributed by atoms with Crippen LogP contribution < -0.4 is 14.9 Å². The molecule has 0 spiro atoms. The number of nitro groups is 1. The highest BCUT2D eigenvalue weighted by atomic mass is 19.1. The van der Waals surface area contributed by atoms with Gasteiger partial charge in [-0.05, 0) is 42.5 Å². The highest BCUT2D eigenvalue weighted by Gasteiger charge is 2.22. The second-order valence-corrected chi connectivity index (χ2v) is 7.30. The smallest absolute Gasteiger partial charge is 0.282 e. The van der Waals surface area contributed by atoms with E-state index in [0.717, 1.165) is 0 Å². The van der Waals surface area contributed by atoms with Crippen molar-refractivity contribution in [3.63, 3.8) is 0 Å². The zero-order valence-electron chi connectivity index (χ0n) is 17.4. The summed E-state index contributed by atoms with van der Waals surface area (Å²) < 4.78 is 23.8. The molecule has 1 aliphatic heterocycles. The van der Waals surface area contributed by atoms with Gasteiger partial charge < -0.3 is 9.47 Å². The van der Waals surface area contributed by atoms with E-state index in [2.05, 4.69) is 15.5 Å². The van der Waals surface area contributed by atoms with Crippen molar-refractivity contribution >= 4 is 28.7 Å². The van der Waals surface area contributed by atoms with Crippen molar-refractivity contribution in [2.45, 2.75) is 0 Å². The fourth-order valence-electron chi connectivity index (χ4n) is 3.56. The number of nitro benzene ring substituents is 1. The van der Waals surface area contributed by atoms with Gasteiger partial charge in [0, 0.05) is 10.9 Å². The molecule has 5 rings (SSSR count). The number of rotatable bonds is 5. The van der Waals surface area contributed by atoms with Crippen LogP contribution in [0.4, 0.5) is 10.1 Å².